The van der Waals surface area contributed by atoms with Crippen molar-refractivity contribution in [2.75, 3.05) is 18.5 Å². The quantitative estimate of drug-likeness (QED) is 0.808. The molecule has 0 aromatic heterocycles. The van der Waals surface area contributed by atoms with Gasteiger partial charge in [-0.15, -0.1) is 0 Å². The lowest BCUT2D eigenvalue weighted by atomic mass is 10.1. The van der Waals surface area contributed by atoms with Gasteiger partial charge >= 0.3 is 0 Å². The zero-order chi connectivity index (χ0) is 12.3. The molecule has 2 nitrogen and oxygen atoms in total. The number of hydrogen-bond acceptors (Lipinski definition) is 2. The highest BCUT2D eigenvalue weighted by Gasteiger charge is 2.27. The molecule has 94 valence electrons. The van der Waals surface area contributed by atoms with Crippen LogP contribution in [0.1, 0.15) is 31.7 Å². The first kappa shape index (κ1) is 12.9. The summed E-state index contributed by atoms with van der Waals surface area (Å²) in [7, 11) is 2.21. The zero-order valence-corrected chi connectivity index (χ0v) is 12.3. The molecular formula is C14H21BrN2. The fourth-order valence-electron chi connectivity index (χ4n) is 2.10. The van der Waals surface area contributed by atoms with Gasteiger partial charge in [-0.3, -0.25) is 0 Å². The monoisotopic (exact) mass is 296 g/mol. The summed E-state index contributed by atoms with van der Waals surface area (Å²) in [4.78, 5) is 2.43. The van der Waals surface area contributed by atoms with E-state index in [4.69, 9.17) is 0 Å². The maximum absolute atomic E-state index is 3.56. The summed E-state index contributed by atoms with van der Waals surface area (Å²) in [5.41, 5.74) is 2.77. The molecule has 3 heteroatoms. The normalized spacial score (nSPS) is 15.0. The molecule has 1 N–H and O–H groups in total. The Hall–Kier alpha value is -0.540. The first-order valence-corrected chi connectivity index (χ1v) is 7.23. The van der Waals surface area contributed by atoms with Gasteiger partial charge in [0.1, 0.15) is 0 Å². The molecular weight excluding hydrogens is 276 g/mol. The highest BCUT2D eigenvalue weighted by Crippen LogP contribution is 2.33. The van der Waals surface area contributed by atoms with Gasteiger partial charge in [-0.1, -0.05) is 22.9 Å². The molecule has 1 aliphatic rings. The van der Waals surface area contributed by atoms with Crippen LogP contribution in [0.4, 0.5) is 5.69 Å². The molecule has 0 radical (unpaired) electrons. The molecule has 1 fully saturated rings. The number of halogens is 1. The van der Waals surface area contributed by atoms with Gasteiger partial charge < -0.3 is 10.2 Å². The zero-order valence-electron chi connectivity index (χ0n) is 10.7. The Morgan fingerprint density at radius 3 is 2.82 bits per heavy atom. The van der Waals surface area contributed by atoms with Crippen LogP contribution >= 0.6 is 15.9 Å². The van der Waals surface area contributed by atoms with Crippen molar-refractivity contribution < 1.29 is 0 Å². The summed E-state index contributed by atoms with van der Waals surface area (Å²) in [5, 5.41) is 3.49. The molecule has 0 amide bonds. The molecule has 17 heavy (non-hydrogen) atoms. The largest absolute Gasteiger partial charge is 0.371 e. The van der Waals surface area contributed by atoms with E-state index in [2.05, 4.69) is 58.3 Å². The summed E-state index contributed by atoms with van der Waals surface area (Å²) in [6.45, 7) is 4.24. The Bertz CT molecular complexity index is 374. The molecule has 0 unspecified atom stereocenters. The van der Waals surface area contributed by atoms with Crippen LogP contribution in [0.2, 0.25) is 0 Å². The van der Waals surface area contributed by atoms with Crippen LogP contribution < -0.4 is 10.2 Å². The molecule has 1 aromatic rings. The Labute approximate surface area is 113 Å². The van der Waals surface area contributed by atoms with E-state index in [-0.39, 0.29) is 0 Å². The second-order valence-electron chi connectivity index (χ2n) is 4.79. The van der Waals surface area contributed by atoms with Crippen molar-refractivity contribution in [1.29, 1.82) is 0 Å². The minimum Gasteiger partial charge on any atom is -0.371 e. The fraction of sp³-hybridized carbons (Fsp3) is 0.571. The summed E-state index contributed by atoms with van der Waals surface area (Å²) in [6, 6.07) is 7.36. The van der Waals surface area contributed by atoms with Crippen LogP contribution in [0.5, 0.6) is 0 Å². The van der Waals surface area contributed by atoms with Crippen LogP contribution in [0.25, 0.3) is 0 Å². The Morgan fingerprint density at radius 1 is 1.41 bits per heavy atom. The Morgan fingerprint density at radius 2 is 2.18 bits per heavy atom. The van der Waals surface area contributed by atoms with Gasteiger partial charge in [-0.25, -0.2) is 0 Å². The first-order valence-electron chi connectivity index (χ1n) is 6.44. The molecule has 1 aromatic carbocycles. The molecule has 0 bridgehead atoms. The lowest BCUT2D eigenvalue weighted by Crippen LogP contribution is -2.23. The highest BCUT2D eigenvalue weighted by molar-refractivity contribution is 9.10. The number of hydrogen-bond donors (Lipinski definition) is 1. The maximum Gasteiger partial charge on any atom is 0.0412 e. The lowest BCUT2D eigenvalue weighted by Gasteiger charge is -2.22. The molecule has 2 rings (SSSR count). The van der Waals surface area contributed by atoms with Crippen LogP contribution in [0.3, 0.4) is 0 Å². The summed E-state index contributed by atoms with van der Waals surface area (Å²) in [5.74, 6) is 0. The molecule has 0 aliphatic heterocycles. The molecule has 1 aliphatic carbocycles. The Balaban J connectivity index is 2.11. The Kier molecular flexibility index (Phi) is 4.46. The van der Waals surface area contributed by atoms with Gasteiger partial charge in [0.05, 0.1) is 0 Å². The smallest absolute Gasteiger partial charge is 0.0412 e. The second-order valence-corrected chi connectivity index (χ2v) is 5.71. The van der Waals surface area contributed by atoms with Crippen LogP contribution in [0, 0.1) is 0 Å². The van der Waals surface area contributed by atoms with Gasteiger partial charge in [0.25, 0.3) is 0 Å². The third-order valence-electron chi connectivity index (χ3n) is 3.26. The average molecular weight is 297 g/mol. The van der Waals surface area contributed by atoms with Crippen molar-refractivity contribution in [1.82, 2.24) is 5.32 Å². The lowest BCUT2D eigenvalue weighted by molar-refractivity contribution is 0.673. The molecule has 1 saturated carbocycles. The van der Waals surface area contributed by atoms with E-state index in [9.17, 15) is 0 Å². The minimum absolute atomic E-state index is 0.765. The SMILES string of the molecule is CCCNCc1cc(Br)ccc1N(C)C1CC1. The van der Waals surface area contributed by atoms with Crippen molar-refractivity contribution >= 4 is 21.6 Å². The van der Waals surface area contributed by atoms with E-state index in [0.717, 1.165) is 19.1 Å². The van der Waals surface area contributed by atoms with Gasteiger partial charge in [-0.2, -0.15) is 0 Å². The van der Waals surface area contributed by atoms with E-state index in [1.165, 1.54) is 35.0 Å². The summed E-state index contributed by atoms with van der Waals surface area (Å²) < 4.78 is 1.17. The standard InChI is InChI=1S/C14H21BrN2/c1-3-8-16-10-11-9-12(15)4-7-14(11)17(2)13-5-6-13/h4,7,9,13,16H,3,5-6,8,10H2,1-2H3. The van der Waals surface area contributed by atoms with Crippen molar-refractivity contribution in [3.63, 3.8) is 0 Å². The minimum atomic E-state index is 0.765. The number of anilines is 1. The van der Waals surface area contributed by atoms with E-state index in [1.807, 2.05) is 0 Å². The van der Waals surface area contributed by atoms with E-state index in [1.54, 1.807) is 0 Å². The van der Waals surface area contributed by atoms with E-state index in [0.29, 0.717) is 0 Å². The van der Waals surface area contributed by atoms with Crippen molar-refractivity contribution in [3.05, 3.63) is 28.2 Å². The maximum atomic E-state index is 3.56. The topological polar surface area (TPSA) is 15.3 Å². The second kappa shape index (κ2) is 5.87. The fourth-order valence-corrected chi connectivity index (χ4v) is 2.51. The first-order chi connectivity index (χ1) is 8.22. The molecule has 0 atom stereocenters. The van der Waals surface area contributed by atoms with Crippen molar-refractivity contribution in [2.45, 2.75) is 38.8 Å². The number of nitrogens with zero attached hydrogens (tertiary/aromatic N) is 1. The molecule has 0 spiro atoms. The average Bonchev–Trinajstić information content (AvgIpc) is 3.13. The predicted molar refractivity (Wildman–Crippen MR) is 77.6 cm³/mol. The van der Waals surface area contributed by atoms with E-state index >= 15 is 0 Å². The van der Waals surface area contributed by atoms with Crippen molar-refractivity contribution in [2.24, 2.45) is 0 Å². The van der Waals surface area contributed by atoms with Crippen LogP contribution in [-0.2, 0) is 6.54 Å². The summed E-state index contributed by atoms with van der Waals surface area (Å²) in [6.07, 6.45) is 3.87. The third-order valence-corrected chi connectivity index (χ3v) is 3.75. The third kappa shape index (κ3) is 3.46. The van der Waals surface area contributed by atoms with Crippen molar-refractivity contribution in [3.8, 4) is 0 Å². The van der Waals surface area contributed by atoms with Gasteiger partial charge in [0, 0.05) is 29.8 Å². The van der Waals surface area contributed by atoms with Gasteiger partial charge in [0.15, 0.2) is 0 Å². The van der Waals surface area contributed by atoms with E-state index < -0.39 is 0 Å². The van der Waals surface area contributed by atoms with Crippen LogP contribution in [-0.4, -0.2) is 19.6 Å². The number of benzene rings is 1. The molecule has 0 heterocycles. The molecule has 0 saturated heterocycles. The highest BCUT2D eigenvalue weighted by atomic mass is 79.9. The predicted octanol–water partition coefficient (Wildman–Crippen LogP) is 3.55. The van der Waals surface area contributed by atoms with Gasteiger partial charge in [0.2, 0.25) is 0 Å². The number of rotatable bonds is 6. The van der Waals surface area contributed by atoms with Crippen LogP contribution in [0.15, 0.2) is 22.7 Å². The summed E-state index contributed by atoms with van der Waals surface area (Å²) >= 11 is 3.56. The number of nitrogens with one attached hydrogen (secondary N) is 1. The van der Waals surface area contributed by atoms with Gasteiger partial charge in [-0.05, 0) is 49.6 Å².